The quantitative estimate of drug-likeness (QED) is 0.0261. The number of rotatable bonds is 66. The topological polar surface area (TPSA) is 78.9 Å². The maximum Gasteiger partial charge on any atom is 0.306 e. The molecule has 1 atom stereocenters. The Balaban J connectivity index is 4.28. The van der Waals surface area contributed by atoms with Gasteiger partial charge in [-0.15, -0.1) is 0 Å². The lowest BCUT2D eigenvalue weighted by Crippen LogP contribution is -2.30. The van der Waals surface area contributed by atoms with Crippen LogP contribution in [0.25, 0.3) is 0 Å². The van der Waals surface area contributed by atoms with Crippen molar-refractivity contribution in [3.63, 3.8) is 0 Å². The molecule has 0 aromatic carbocycles. The number of carbonyl (C=O) groups is 3. The Bertz CT molecular complexity index is 1500. The molecule has 0 amide bonds. The van der Waals surface area contributed by atoms with E-state index in [9.17, 15) is 14.4 Å². The van der Waals surface area contributed by atoms with E-state index in [-0.39, 0.29) is 31.1 Å². The Morgan fingerprint density at radius 1 is 0.256 bits per heavy atom. The van der Waals surface area contributed by atoms with E-state index in [0.29, 0.717) is 19.3 Å². The molecular weight excluding hydrogens is 1010 g/mol. The van der Waals surface area contributed by atoms with Crippen molar-refractivity contribution in [3.8, 4) is 0 Å². The van der Waals surface area contributed by atoms with Crippen LogP contribution < -0.4 is 0 Å². The smallest absolute Gasteiger partial charge is 0.306 e. The highest BCUT2D eigenvalue weighted by Gasteiger charge is 2.19. The number of allylic oxidation sites excluding steroid dienone is 12. The molecule has 0 aromatic heterocycles. The summed E-state index contributed by atoms with van der Waals surface area (Å²) in [5.74, 6) is -0.914. The number of hydrogen-bond acceptors (Lipinski definition) is 6. The van der Waals surface area contributed by atoms with Crippen molar-refractivity contribution < 1.29 is 28.6 Å². The van der Waals surface area contributed by atoms with Gasteiger partial charge in [0.25, 0.3) is 0 Å². The van der Waals surface area contributed by atoms with Crippen molar-refractivity contribution in [1.29, 1.82) is 0 Å². The lowest BCUT2D eigenvalue weighted by molar-refractivity contribution is -0.167. The van der Waals surface area contributed by atoms with Crippen LogP contribution in [-0.2, 0) is 28.6 Å². The molecule has 0 saturated carbocycles. The monoisotopic (exact) mass is 1150 g/mol. The summed E-state index contributed by atoms with van der Waals surface area (Å²) in [7, 11) is 0. The van der Waals surface area contributed by atoms with E-state index in [1.165, 1.54) is 244 Å². The molecule has 6 heteroatoms. The standard InChI is InChI=1S/C76H136O6/c1-4-7-10-13-16-19-22-25-28-30-32-34-35-36-37-38-39-40-42-43-45-48-51-54-57-60-63-66-69-75(78)81-72-73(71-80-74(77)68-65-62-59-56-53-50-47-27-24-21-18-15-12-9-6-3)82-76(79)70-67-64-61-58-55-52-49-46-44-41-33-31-29-26-23-20-17-14-11-8-5-2/h9,12,18,21,23,26-27,31,33,47,53,56,73H,4-8,10-11,13-17,19-20,22,24-25,28-30,32,34-46,48-52,54-55,57-72H2,1-3H3/b12-9-,21-18-,26-23-,33-31-,47-27-,56-53-. The van der Waals surface area contributed by atoms with E-state index in [1.807, 2.05) is 0 Å². The van der Waals surface area contributed by atoms with Crippen LogP contribution in [0, 0.1) is 0 Å². The zero-order chi connectivity index (χ0) is 59.2. The second-order valence-electron chi connectivity index (χ2n) is 24.1. The van der Waals surface area contributed by atoms with E-state index in [1.54, 1.807) is 0 Å². The molecule has 0 aliphatic rings. The lowest BCUT2D eigenvalue weighted by atomic mass is 10.0. The van der Waals surface area contributed by atoms with Crippen molar-refractivity contribution in [2.45, 2.75) is 380 Å². The Hall–Kier alpha value is -3.15. The first kappa shape index (κ1) is 78.8. The van der Waals surface area contributed by atoms with Crippen LogP contribution in [-0.4, -0.2) is 37.2 Å². The van der Waals surface area contributed by atoms with Crippen molar-refractivity contribution in [1.82, 2.24) is 0 Å². The molecule has 0 spiro atoms. The zero-order valence-electron chi connectivity index (χ0n) is 54.8. The van der Waals surface area contributed by atoms with Crippen molar-refractivity contribution in [2.75, 3.05) is 13.2 Å². The van der Waals surface area contributed by atoms with Crippen LogP contribution in [0.5, 0.6) is 0 Å². The van der Waals surface area contributed by atoms with Gasteiger partial charge in [0.2, 0.25) is 0 Å². The average molecular weight is 1150 g/mol. The Morgan fingerprint density at radius 2 is 0.476 bits per heavy atom. The first-order valence-electron chi connectivity index (χ1n) is 35.9. The van der Waals surface area contributed by atoms with Crippen LogP contribution in [0.1, 0.15) is 374 Å². The summed E-state index contributed by atoms with van der Waals surface area (Å²) in [5, 5.41) is 0. The van der Waals surface area contributed by atoms with Gasteiger partial charge in [-0.1, -0.05) is 338 Å². The first-order valence-corrected chi connectivity index (χ1v) is 35.9. The Labute approximate surface area is 510 Å². The van der Waals surface area contributed by atoms with Gasteiger partial charge in [0.1, 0.15) is 13.2 Å². The molecule has 0 aliphatic carbocycles. The fourth-order valence-electron chi connectivity index (χ4n) is 10.6. The predicted octanol–water partition coefficient (Wildman–Crippen LogP) is 24.8. The summed E-state index contributed by atoms with van der Waals surface area (Å²) in [4.78, 5) is 38.4. The number of ether oxygens (including phenoxy) is 3. The van der Waals surface area contributed by atoms with Gasteiger partial charge in [-0.3, -0.25) is 14.4 Å². The third-order valence-corrected chi connectivity index (χ3v) is 15.9. The van der Waals surface area contributed by atoms with Crippen molar-refractivity contribution in [3.05, 3.63) is 72.9 Å². The maximum absolute atomic E-state index is 13.0. The Kier molecular flexibility index (Phi) is 67.6. The number of unbranched alkanes of at least 4 members (excludes halogenated alkanes) is 43. The number of hydrogen-bond donors (Lipinski definition) is 0. The summed E-state index contributed by atoms with van der Waals surface area (Å²) >= 11 is 0. The largest absolute Gasteiger partial charge is 0.462 e. The van der Waals surface area contributed by atoms with Gasteiger partial charge < -0.3 is 14.2 Å². The second-order valence-corrected chi connectivity index (χ2v) is 24.1. The molecule has 0 aromatic rings. The molecule has 0 radical (unpaired) electrons. The highest BCUT2D eigenvalue weighted by atomic mass is 16.6. The van der Waals surface area contributed by atoms with E-state index in [0.717, 1.165) is 89.9 Å². The van der Waals surface area contributed by atoms with E-state index < -0.39 is 6.10 Å². The SMILES string of the molecule is CC/C=C\C/C=C\C/C=C\C/C=C\CCCCC(=O)OCC(COC(=O)CCCCCCCCCCCCCCCCCCCCCCCCCCCCCC)OC(=O)CCCCCCCCCCC/C=C\C/C=C\CCCCCCC. The van der Waals surface area contributed by atoms with Gasteiger partial charge in [0.05, 0.1) is 0 Å². The third-order valence-electron chi connectivity index (χ3n) is 15.9. The zero-order valence-corrected chi connectivity index (χ0v) is 54.8. The van der Waals surface area contributed by atoms with Crippen LogP contribution >= 0.6 is 0 Å². The molecule has 0 saturated heterocycles. The molecule has 0 N–H and O–H groups in total. The van der Waals surface area contributed by atoms with Gasteiger partial charge in [-0.25, -0.2) is 0 Å². The molecule has 476 valence electrons. The Morgan fingerprint density at radius 3 is 0.768 bits per heavy atom. The second kappa shape index (κ2) is 70.3. The summed E-state index contributed by atoms with van der Waals surface area (Å²) < 4.78 is 17.0. The van der Waals surface area contributed by atoms with Crippen LogP contribution in [0.15, 0.2) is 72.9 Å². The molecule has 6 nitrogen and oxygen atoms in total. The van der Waals surface area contributed by atoms with Crippen molar-refractivity contribution >= 4 is 17.9 Å². The van der Waals surface area contributed by atoms with E-state index in [4.69, 9.17) is 14.2 Å². The molecule has 0 heterocycles. The van der Waals surface area contributed by atoms with E-state index in [2.05, 4.69) is 93.7 Å². The van der Waals surface area contributed by atoms with Gasteiger partial charge in [0.15, 0.2) is 6.10 Å². The summed E-state index contributed by atoms with van der Waals surface area (Å²) in [6.07, 6.45) is 92.3. The minimum absolute atomic E-state index is 0.0871. The van der Waals surface area contributed by atoms with Gasteiger partial charge >= 0.3 is 17.9 Å². The molecule has 0 aliphatic heterocycles. The van der Waals surface area contributed by atoms with Crippen molar-refractivity contribution in [2.24, 2.45) is 0 Å². The molecule has 82 heavy (non-hydrogen) atoms. The molecule has 0 rings (SSSR count). The highest BCUT2D eigenvalue weighted by molar-refractivity contribution is 5.71. The average Bonchev–Trinajstić information content (AvgIpc) is 3.47. The normalized spacial score (nSPS) is 12.5. The van der Waals surface area contributed by atoms with Crippen LogP contribution in [0.3, 0.4) is 0 Å². The summed E-state index contributed by atoms with van der Waals surface area (Å²) in [6.45, 7) is 6.54. The van der Waals surface area contributed by atoms with Gasteiger partial charge in [-0.05, 0) is 89.9 Å². The first-order chi connectivity index (χ1) is 40.5. The minimum atomic E-state index is -0.796. The lowest BCUT2D eigenvalue weighted by Gasteiger charge is -2.18. The minimum Gasteiger partial charge on any atom is -0.462 e. The maximum atomic E-state index is 13.0. The molecule has 0 bridgehead atoms. The molecule has 1 unspecified atom stereocenters. The summed E-state index contributed by atoms with van der Waals surface area (Å²) in [5.41, 5.74) is 0. The third kappa shape index (κ3) is 67.6. The fraction of sp³-hybridized carbons (Fsp3) is 0.803. The number of esters is 3. The van der Waals surface area contributed by atoms with E-state index >= 15 is 0 Å². The van der Waals surface area contributed by atoms with Gasteiger partial charge in [-0.2, -0.15) is 0 Å². The fourth-order valence-corrected chi connectivity index (χ4v) is 10.6. The molecular formula is C76H136O6. The van der Waals surface area contributed by atoms with Gasteiger partial charge in [0, 0.05) is 19.3 Å². The summed E-state index contributed by atoms with van der Waals surface area (Å²) in [6, 6.07) is 0. The van der Waals surface area contributed by atoms with Crippen LogP contribution in [0.4, 0.5) is 0 Å². The van der Waals surface area contributed by atoms with Crippen LogP contribution in [0.2, 0.25) is 0 Å². The number of carbonyl (C=O) groups excluding carboxylic acids is 3. The highest BCUT2D eigenvalue weighted by Crippen LogP contribution is 2.18. The molecule has 0 fully saturated rings. The predicted molar refractivity (Wildman–Crippen MR) is 358 cm³/mol.